The molecule has 0 atom stereocenters. The molecule has 1 aromatic carbocycles. The number of guanidine groups is 1. The molecule has 1 aliphatic heterocycles. The van der Waals surface area contributed by atoms with Crippen LogP contribution in [0.1, 0.15) is 30.4 Å². The SMILES string of the molecule is CN=C(NCCCOCC1CCOCC1)NCc1ccc(C)cc1OCC(F)(F)F. The maximum atomic E-state index is 12.5. The molecule has 0 amide bonds. The zero-order valence-electron chi connectivity index (χ0n) is 17.7. The molecular weight excluding hydrogens is 399 g/mol. The fourth-order valence-corrected chi connectivity index (χ4v) is 3.05. The summed E-state index contributed by atoms with van der Waals surface area (Å²) in [4.78, 5) is 4.15. The van der Waals surface area contributed by atoms with Crippen molar-refractivity contribution < 1.29 is 27.4 Å². The number of benzene rings is 1. The summed E-state index contributed by atoms with van der Waals surface area (Å²) < 4.78 is 53.5. The van der Waals surface area contributed by atoms with E-state index in [4.69, 9.17) is 14.2 Å². The van der Waals surface area contributed by atoms with E-state index in [-0.39, 0.29) is 5.75 Å². The number of halogens is 3. The number of nitrogens with zero attached hydrogens (tertiary/aromatic N) is 1. The monoisotopic (exact) mass is 431 g/mol. The Morgan fingerprint density at radius 3 is 2.70 bits per heavy atom. The summed E-state index contributed by atoms with van der Waals surface area (Å²) >= 11 is 0. The minimum atomic E-state index is -4.38. The number of aryl methyl sites for hydroxylation is 1. The molecule has 0 spiro atoms. The van der Waals surface area contributed by atoms with Gasteiger partial charge >= 0.3 is 6.18 Å². The van der Waals surface area contributed by atoms with Gasteiger partial charge in [-0.05, 0) is 43.7 Å². The van der Waals surface area contributed by atoms with Crippen molar-refractivity contribution in [2.24, 2.45) is 10.9 Å². The molecular formula is C21H32F3N3O3. The summed E-state index contributed by atoms with van der Waals surface area (Å²) in [5.74, 6) is 1.38. The average molecular weight is 431 g/mol. The van der Waals surface area contributed by atoms with Gasteiger partial charge in [0.15, 0.2) is 12.6 Å². The van der Waals surface area contributed by atoms with E-state index in [1.807, 2.05) is 13.0 Å². The van der Waals surface area contributed by atoms with Crippen molar-refractivity contribution in [1.82, 2.24) is 10.6 Å². The minimum absolute atomic E-state index is 0.219. The Kier molecular flexibility index (Phi) is 10.2. The van der Waals surface area contributed by atoms with Crippen LogP contribution in [0, 0.1) is 12.8 Å². The molecule has 30 heavy (non-hydrogen) atoms. The van der Waals surface area contributed by atoms with Crippen LogP contribution in [0.15, 0.2) is 23.2 Å². The van der Waals surface area contributed by atoms with E-state index in [1.165, 1.54) is 0 Å². The number of rotatable bonds is 10. The van der Waals surface area contributed by atoms with Gasteiger partial charge in [0.25, 0.3) is 0 Å². The molecule has 6 nitrogen and oxygen atoms in total. The summed E-state index contributed by atoms with van der Waals surface area (Å²) in [5, 5.41) is 6.29. The van der Waals surface area contributed by atoms with E-state index in [0.29, 0.717) is 37.1 Å². The van der Waals surface area contributed by atoms with Crippen molar-refractivity contribution in [2.75, 3.05) is 46.6 Å². The predicted molar refractivity (Wildman–Crippen MR) is 110 cm³/mol. The number of nitrogens with one attached hydrogen (secondary N) is 2. The van der Waals surface area contributed by atoms with Gasteiger partial charge in [0.05, 0.1) is 0 Å². The lowest BCUT2D eigenvalue weighted by Crippen LogP contribution is -2.37. The molecule has 0 radical (unpaired) electrons. The lowest BCUT2D eigenvalue weighted by atomic mass is 10.0. The zero-order chi connectivity index (χ0) is 21.8. The first kappa shape index (κ1) is 24.3. The molecule has 1 aliphatic rings. The number of ether oxygens (including phenoxy) is 3. The Hall–Kier alpha value is -2.00. The molecule has 2 N–H and O–H groups in total. The van der Waals surface area contributed by atoms with E-state index in [9.17, 15) is 13.2 Å². The molecule has 0 saturated carbocycles. The third kappa shape index (κ3) is 9.67. The van der Waals surface area contributed by atoms with Crippen LogP contribution in [0.5, 0.6) is 5.75 Å². The molecule has 1 heterocycles. The summed E-state index contributed by atoms with van der Waals surface area (Å²) in [5.41, 5.74) is 1.46. The highest BCUT2D eigenvalue weighted by Gasteiger charge is 2.28. The van der Waals surface area contributed by atoms with Crippen LogP contribution in [0.25, 0.3) is 0 Å². The summed E-state index contributed by atoms with van der Waals surface area (Å²) in [6, 6.07) is 5.20. The van der Waals surface area contributed by atoms with Crippen LogP contribution >= 0.6 is 0 Å². The molecule has 2 rings (SSSR count). The van der Waals surface area contributed by atoms with E-state index >= 15 is 0 Å². The third-order valence-electron chi connectivity index (χ3n) is 4.74. The Morgan fingerprint density at radius 2 is 2.00 bits per heavy atom. The van der Waals surface area contributed by atoms with Gasteiger partial charge in [-0.25, -0.2) is 0 Å². The van der Waals surface area contributed by atoms with Crippen molar-refractivity contribution in [1.29, 1.82) is 0 Å². The highest BCUT2D eigenvalue weighted by Crippen LogP contribution is 2.23. The molecule has 9 heteroatoms. The van der Waals surface area contributed by atoms with Crippen LogP contribution < -0.4 is 15.4 Å². The van der Waals surface area contributed by atoms with Crippen molar-refractivity contribution in [3.8, 4) is 5.75 Å². The maximum Gasteiger partial charge on any atom is 0.422 e. The molecule has 0 unspecified atom stereocenters. The number of aliphatic imine (C=N–C) groups is 1. The summed E-state index contributed by atoms with van der Waals surface area (Å²) in [6.07, 6.45) is -1.43. The first-order valence-electron chi connectivity index (χ1n) is 10.3. The lowest BCUT2D eigenvalue weighted by Gasteiger charge is -2.21. The van der Waals surface area contributed by atoms with Gasteiger partial charge in [-0.15, -0.1) is 0 Å². The Morgan fingerprint density at radius 1 is 1.23 bits per heavy atom. The van der Waals surface area contributed by atoms with Crippen molar-refractivity contribution >= 4 is 5.96 Å². The first-order chi connectivity index (χ1) is 14.4. The number of hydrogen-bond acceptors (Lipinski definition) is 4. The smallest absolute Gasteiger partial charge is 0.422 e. The van der Waals surface area contributed by atoms with Crippen LogP contribution in [0.4, 0.5) is 13.2 Å². The van der Waals surface area contributed by atoms with Crippen LogP contribution in [0.2, 0.25) is 0 Å². The Bertz CT molecular complexity index is 663. The van der Waals surface area contributed by atoms with Gasteiger partial charge in [0.1, 0.15) is 5.75 Å². The fraction of sp³-hybridized carbons (Fsp3) is 0.667. The van der Waals surface area contributed by atoms with E-state index in [2.05, 4.69) is 15.6 Å². The second-order valence-electron chi connectivity index (χ2n) is 7.35. The van der Waals surface area contributed by atoms with Crippen LogP contribution in [-0.2, 0) is 16.0 Å². The summed E-state index contributed by atoms with van der Waals surface area (Å²) in [7, 11) is 1.65. The number of hydrogen-bond donors (Lipinski definition) is 2. The molecule has 1 saturated heterocycles. The van der Waals surface area contributed by atoms with Crippen molar-refractivity contribution in [3.63, 3.8) is 0 Å². The number of alkyl halides is 3. The van der Waals surface area contributed by atoms with Crippen molar-refractivity contribution in [3.05, 3.63) is 29.3 Å². The Balaban J connectivity index is 1.69. The highest BCUT2D eigenvalue weighted by atomic mass is 19.4. The summed E-state index contributed by atoms with van der Waals surface area (Å²) in [6.45, 7) is 4.54. The van der Waals surface area contributed by atoms with Crippen LogP contribution in [0.3, 0.4) is 0 Å². The average Bonchev–Trinajstić information content (AvgIpc) is 2.72. The van der Waals surface area contributed by atoms with Crippen molar-refractivity contribution in [2.45, 2.75) is 38.9 Å². The second kappa shape index (κ2) is 12.6. The highest BCUT2D eigenvalue weighted by molar-refractivity contribution is 5.79. The van der Waals surface area contributed by atoms with Gasteiger partial charge in [-0.3, -0.25) is 4.99 Å². The molecule has 1 fully saturated rings. The molecule has 170 valence electrons. The maximum absolute atomic E-state index is 12.5. The quantitative estimate of drug-likeness (QED) is 0.338. The van der Waals surface area contributed by atoms with Crippen LogP contribution in [-0.4, -0.2) is 58.8 Å². The van der Waals surface area contributed by atoms with Gasteiger partial charge in [0, 0.05) is 52.1 Å². The van der Waals surface area contributed by atoms with Gasteiger partial charge < -0.3 is 24.8 Å². The topological polar surface area (TPSA) is 64.1 Å². The first-order valence-corrected chi connectivity index (χ1v) is 10.3. The molecule has 0 aromatic heterocycles. The zero-order valence-corrected chi connectivity index (χ0v) is 17.7. The molecule has 1 aromatic rings. The molecule has 0 bridgehead atoms. The van der Waals surface area contributed by atoms with E-state index < -0.39 is 12.8 Å². The fourth-order valence-electron chi connectivity index (χ4n) is 3.05. The predicted octanol–water partition coefficient (Wildman–Crippen LogP) is 3.43. The Labute approximate surface area is 176 Å². The largest absolute Gasteiger partial charge is 0.484 e. The third-order valence-corrected chi connectivity index (χ3v) is 4.74. The van der Waals surface area contributed by atoms with Gasteiger partial charge in [-0.2, -0.15) is 13.2 Å². The van der Waals surface area contributed by atoms with Gasteiger partial charge in [0.2, 0.25) is 0 Å². The lowest BCUT2D eigenvalue weighted by molar-refractivity contribution is -0.153. The molecule has 0 aliphatic carbocycles. The van der Waals surface area contributed by atoms with E-state index in [0.717, 1.165) is 44.6 Å². The van der Waals surface area contributed by atoms with Gasteiger partial charge in [-0.1, -0.05) is 12.1 Å². The standard InChI is InChI=1S/C21H32F3N3O3/c1-16-4-5-18(19(12-16)30-15-21(22,23)24)13-27-20(25-2)26-8-3-9-29-14-17-6-10-28-11-7-17/h4-5,12,17H,3,6-11,13-15H2,1-2H3,(H2,25,26,27). The second-order valence-corrected chi connectivity index (χ2v) is 7.35. The van der Waals surface area contributed by atoms with E-state index in [1.54, 1.807) is 19.2 Å². The normalized spacial score (nSPS) is 15.8. The minimum Gasteiger partial charge on any atom is -0.484 e.